The van der Waals surface area contributed by atoms with Crippen LogP contribution in [0, 0.1) is 5.92 Å². The van der Waals surface area contributed by atoms with Crippen molar-refractivity contribution in [2.45, 2.75) is 58.5 Å². The van der Waals surface area contributed by atoms with Gasteiger partial charge < -0.3 is 15.4 Å². The molecule has 6 nitrogen and oxygen atoms in total. The van der Waals surface area contributed by atoms with E-state index >= 15 is 0 Å². The zero-order valence-corrected chi connectivity index (χ0v) is 18.1. The molecule has 0 aromatic heterocycles. The summed E-state index contributed by atoms with van der Waals surface area (Å²) >= 11 is 0. The number of likely N-dealkylation sites (tertiary alicyclic amines) is 1. The molecule has 1 fully saturated rings. The third-order valence-corrected chi connectivity index (χ3v) is 4.49. The maximum atomic E-state index is 11.0. The molecule has 0 aromatic carbocycles. The first-order valence-electron chi connectivity index (χ1n) is 8.76. The highest BCUT2D eigenvalue weighted by Crippen LogP contribution is 2.18. The molecule has 0 aliphatic carbocycles. The van der Waals surface area contributed by atoms with Gasteiger partial charge in [-0.25, -0.2) is 0 Å². The number of hydrogen-bond acceptors (Lipinski definition) is 4. The molecule has 0 saturated carbocycles. The van der Waals surface area contributed by atoms with E-state index in [1.165, 1.54) is 7.11 Å². The molecule has 0 amide bonds. The molecule has 1 rings (SSSR count). The number of carbonyl (C=O) groups is 1. The van der Waals surface area contributed by atoms with Crippen LogP contribution in [-0.4, -0.2) is 62.7 Å². The molecule has 2 N–H and O–H groups in total. The Hall–Kier alpha value is -0.570. The third kappa shape index (κ3) is 8.50. The highest BCUT2D eigenvalue weighted by molar-refractivity contribution is 14.0. The van der Waals surface area contributed by atoms with Gasteiger partial charge in [-0.2, -0.15) is 0 Å². The second-order valence-corrected chi connectivity index (χ2v) is 6.66. The van der Waals surface area contributed by atoms with Crippen molar-refractivity contribution >= 4 is 35.9 Å². The fraction of sp³-hybridized carbons (Fsp3) is 0.882. The second-order valence-electron chi connectivity index (χ2n) is 6.66. The summed E-state index contributed by atoms with van der Waals surface area (Å²) in [5, 5.41) is 6.91. The summed E-state index contributed by atoms with van der Waals surface area (Å²) in [5.74, 6) is 1.37. The molecule has 1 saturated heterocycles. The van der Waals surface area contributed by atoms with Crippen LogP contribution >= 0.6 is 24.0 Å². The lowest BCUT2D eigenvalue weighted by Gasteiger charge is -2.22. The maximum Gasteiger partial charge on any atom is 0.305 e. The van der Waals surface area contributed by atoms with Gasteiger partial charge in [0.15, 0.2) is 5.96 Å². The van der Waals surface area contributed by atoms with Gasteiger partial charge in [-0.15, -0.1) is 24.0 Å². The molecule has 0 aromatic rings. The van der Waals surface area contributed by atoms with Crippen LogP contribution in [0.5, 0.6) is 0 Å². The van der Waals surface area contributed by atoms with Crippen LogP contribution in [0.2, 0.25) is 0 Å². The Balaban J connectivity index is 0.00000529. The number of nitrogens with zero attached hydrogens (tertiary/aromatic N) is 2. The Labute approximate surface area is 164 Å². The highest BCUT2D eigenvalue weighted by atomic mass is 127. The van der Waals surface area contributed by atoms with E-state index in [4.69, 9.17) is 0 Å². The van der Waals surface area contributed by atoms with Gasteiger partial charge in [-0.3, -0.25) is 14.7 Å². The second kappa shape index (κ2) is 12.7. The minimum atomic E-state index is -0.125. The molecule has 24 heavy (non-hydrogen) atoms. The number of ether oxygens (including phenoxy) is 1. The molecular formula is C17H35IN4O2. The summed E-state index contributed by atoms with van der Waals surface area (Å²) in [6.07, 6.45) is 3.42. The lowest BCUT2D eigenvalue weighted by molar-refractivity contribution is -0.140. The van der Waals surface area contributed by atoms with E-state index in [1.54, 1.807) is 0 Å². The van der Waals surface area contributed by atoms with Crippen LogP contribution < -0.4 is 10.6 Å². The van der Waals surface area contributed by atoms with Crippen LogP contribution in [0.25, 0.3) is 0 Å². The molecule has 1 aliphatic rings. The first kappa shape index (κ1) is 23.4. The molecule has 142 valence electrons. The number of halogens is 1. The topological polar surface area (TPSA) is 66.0 Å². The van der Waals surface area contributed by atoms with Crippen LogP contribution in [0.1, 0.15) is 46.5 Å². The average Bonchev–Trinajstić information content (AvgIpc) is 2.90. The molecule has 2 atom stereocenters. The zero-order chi connectivity index (χ0) is 17.2. The number of nitrogens with one attached hydrogen (secondary N) is 2. The SMILES string of the molecule is CN=C(NCCCCCC(=O)OC)NC1CN(C(C)C)CC1C.I. The zero-order valence-electron chi connectivity index (χ0n) is 15.8. The molecule has 1 heterocycles. The van der Waals surface area contributed by atoms with Crippen molar-refractivity contribution in [3.63, 3.8) is 0 Å². The van der Waals surface area contributed by atoms with Crippen molar-refractivity contribution in [1.82, 2.24) is 15.5 Å². The van der Waals surface area contributed by atoms with Crippen LogP contribution in [-0.2, 0) is 9.53 Å². The normalized spacial score (nSPS) is 21.5. The highest BCUT2D eigenvalue weighted by Gasteiger charge is 2.31. The number of esters is 1. The molecule has 0 bridgehead atoms. The van der Waals surface area contributed by atoms with Gasteiger partial charge in [0.25, 0.3) is 0 Å². The predicted octanol–water partition coefficient (Wildman–Crippen LogP) is 2.23. The van der Waals surface area contributed by atoms with Crippen molar-refractivity contribution < 1.29 is 9.53 Å². The number of aliphatic imine (C=N–C) groups is 1. The van der Waals surface area contributed by atoms with Gasteiger partial charge in [0.05, 0.1) is 7.11 Å². The summed E-state index contributed by atoms with van der Waals surface area (Å²) in [7, 11) is 3.25. The van der Waals surface area contributed by atoms with Crippen molar-refractivity contribution in [2.75, 3.05) is 33.8 Å². The lowest BCUT2D eigenvalue weighted by atomic mass is 10.1. The summed E-state index contributed by atoms with van der Waals surface area (Å²) in [6, 6.07) is 1.04. The average molecular weight is 454 g/mol. The molecular weight excluding hydrogens is 419 g/mol. The Morgan fingerprint density at radius 1 is 1.29 bits per heavy atom. The van der Waals surface area contributed by atoms with Crippen LogP contribution in [0.3, 0.4) is 0 Å². The van der Waals surface area contributed by atoms with Gasteiger partial charge in [-0.1, -0.05) is 13.3 Å². The van der Waals surface area contributed by atoms with E-state index in [0.29, 0.717) is 24.4 Å². The first-order chi connectivity index (χ1) is 11.0. The van der Waals surface area contributed by atoms with Crippen molar-refractivity contribution in [1.29, 1.82) is 0 Å². The number of unbranched alkanes of at least 4 members (excludes halogenated alkanes) is 2. The number of carbonyl (C=O) groups excluding carboxylic acids is 1. The van der Waals surface area contributed by atoms with E-state index < -0.39 is 0 Å². The maximum absolute atomic E-state index is 11.0. The van der Waals surface area contributed by atoms with Gasteiger partial charge in [0.1, 0.15) is 0 Å². The van der Waals surface area contributed by atoms with E-state index in [2.05, 4.69) is 46.0 Å². The van der Waals surface area contributed by atoms with Crippen LogP contribution in [0.4, 0.5) is 0 Å². The van der Waals surface area contributed by atoms with Crippen LogP contribution in [0.15, 0.2) is 4.99 Å². The van der Waals surface area contributed by atoms with E-state index in [1.807, 2.05) is 7.05 Å². The smallest absolute Gasteiger partial charge is 0.305 e. The van der Waals surface area contributed by atoms with E-state index in [-0.39, 0.29) is 29.9 Å². The molecule has 7 heteroatoms. The Kier molecular flexibility index (Phi) is 12.4. The number of guanidine groups is 1. The van der Waals surface area contributed by atoms with Crippen molar-refractivity contribution in [3.8, 4) is 0 Å². The van der Waals surface area contributed by atoms with Gasteiger partial charge in [0, 0.05) is 45.2 Å². The van der Waals surface area contributed by atoms with E-state index in [0.717, 1.165) is 44.9 Å². The Morgan fingerprint density at radius 3 is 2.54 bits per heavy atom. The third-order valence-electron chi connectivity index (χ3n) is 4.49. The Morgan fingerprint density at radius 2 is 2.00 bits per heavy atom. The minimum Gasteiger partial charge on any atom is -0.469 e. The summed E-state index contributed by atoms with van der Waals surface area (Å²) in [4.78, 5) is 17.8. The quantitative estimate of drug-likeness (QED) is 0.194. The summed E-state index contributed by atoms with van der Waals surface area (Å²) in [5.41, 5.74) is 0. The fourth-order valence-electron chi connectivity index (χ4n) is 2.86. The van der Waals surface area contributed by atoms with Gasteiger partial charge in [-0.05, 0) is 32.6 Å². The first-order valence-corrected chi connectivity index (χ1v) is 8.76. The Bertz CT molecular complexity index is 391. The number of hydrogen-bond donors (Lipinski definition) is 2. The minimum absolute atomic E-state index is 0. The number of rotatable bonds is 8. The molecule has 1 aliphatic heterocycles. The van der Waals surface area contributed by atoms with Crippen molar-refractivity contribution in [3.05, 3.63) is 0 Å². The summed E-state index contributed by atoms with van der Waals surface area (Å²) < 4.78 is 4.63. The molecule has 0 radical (unpaired) electrons. The fourth-order valence-corrected chi connectivity index (χ4v) is 2.86. The van der Waals surface area contributed by atoms with Crippen molar-refractivity contribution in [2.24, 2.45) is 10.9 Å². The molecule has 2 unspecified atom stereocenters. The monoisotopic (exact) mass is 454 g/mol. The van der Waals surface area contributed by atoms with Gasteiger partial charge >= 0.3 is 5.97 Å². The molecule has 0 spiro atoms. The standard InChI is InChI=1S/C17H34N4O2.HI/c1-13(2)21-11-14(3)15(12-21)20-17(18-4)19-10-8-6-7-9-16(22)23-5;/h13-15H,6-12H2,1-5H3,(H2,18,19,20);1H. The summed E-state index contributed by atoms with van der Waals surface area (Å²) in [6.45, 7) is 9.86. The number of methoxy groups -OCH3 is 1. The predicted molar refractivity (Wildman–Crippen MR) is 110 cm³/mol. The largest absolute Gasteiger partial charge is 0.469 e. The van der Waals surface area contributed by atoms with E-state index in [9.17, 15) is 4.79 Å². The van der Waals surface area contributed by atoms with Gasteiger partial charge in [0.2, 0.25) is 0 Å². The lowest BCUT2D eigenvalue weighted by Crippen LogP contribution is -2.47.